The minimum absolute atomic E-state index is 0.0421. The summed E-state index contributed by atoms with van der Waals surface area (Å²) in [6.07, 6.45) is 3.09. The van der Waals surface area contributed by atoms with Gasteiger partial charge in [0.25, 0.3) is 5.91 Å². The van der Waals surface area contributed by atoms with Crippen LogP contribution in [0.25, 0.3) is 22.1 Å². The molecule has 0 aliphatic rings. The third-order valence-electron chi connectivity index (χ3n) is 5.45. The Morgan fingerprint density at radius 3 is 2.82 bits per heavy atom. The molecule has 1 aromatic carbocycles. The van der Waals surface area contributed by atoms with Crippen molar-refractivity contribution in [3.05, 3.63) is 74.4 Å². The summed E-state index contributed by atoms with van der Waals surface area (Å²) in [7, 11) is 1.63. The Balaban J connectivity index is 1.31. The number of carbonyl (C=O) groups excluding carboxylic acids is 2. The van der Waals surface area contributed by atoms with Crippen molar-refractivity contribution >= 4 is 50.8 Å². The predicted octanol–water partition coefficient (Wildman–Crippen LogP) is 3.21. The number of hydrogen-bond acceptors (Lipinski definition) is 8. The Hall–Kier alpha value is -4.25. The second-order valence-electron chi connectivity index (χ2n) is 7.74. The molecule has 3 N–H and O–H groups in total. The van der Waals surface area contributed by atoms with E-state index in [2.05, 4.69) is 25.6 Å². The number of Topliss-reactive ketones (excluding diaryl/α,β-unsaturated/α-hetero) is 1. The van der Waals surface area contributed by atoms with Gasteiger partial charge in [-0.25, -0.2) is 14.8 Å². The van der Waals surface area contributed by atoms with Crippen LogP contribution in [0.5, 0.6) is 0 Å². The molecule has 1 amide bonds. The summed E-state index contributed by atoms with van der Waals surface area (Å²) in [5, 5.41) is 6.15. The van der Waals surface area contributed by atoms with Gasteiger partial charge in [0.2, 0.25) is 0 Å². The van der Waals surface area contributed by atoms with Crippen molar-refractivity contribution in [3.8, 4) is 0 Å². The van der Waals surface area contributed by atoms with E-state index in [0.717, 1.165) is 16.1 Å². The number of aromatic amines is 1. The van der Waals surface area contributed by atoms with Crippen LogP contribution >= 0.6 is 11.3 Å². The minimum atomic E-state index is -0.436. The molecule has 0 unspecified atom stereocenters. The molecule has 0 radical (unpaired) electrons. The van der Waals surface area contributed by atoms with Gasteiger partial charge in [-0.05, 0) is 36.8 Å². The van der Waals surface area contributed by atoms with Crippen molar-refractivity contribution in [1.29, 1.82) is 0 Å². The van der Waals surface area contributed by atoms with Gasteiger partial charge in [0.05, 0.1) is 21.6 Å². The number of benzene rings is 1. The first-order chi connectivity index (χ1) is 16.4. The van der Waals surface area contributed by atoms with E-state index < -0.39 is 5.76 Å². The van der Waals surface area contributed by atoms with Crippen LogP contribution in [-0.4, -0.2) is 31.2 Å². The normalized spacial score (nSPS) is 11.2. The van der Waals surface area contributed by atoms with E-state index >= 15 is 0 Å². The molecule has 0 bridgehead atoms. The van der Waals surface area contributed by atoms with Gasteiger partial charge in [-0.3, -0.25) is 14.2 Å². The van der Waals surface area contributed by atoms with Gasteiger partial charge < -0.3 is 20.0 Å². The molecule has 4 aromatic heterocycles. The average Bonchev–Trinajstić information content (AvgIpc) is 3.54. The maximum absolute atomic E-state index is 12.9. The molecule has 0 saturated heterocycles. The third kappa shape index (κ3) is 3.97. The van der Waals surface area contributed by atoms with Crippen LogP contribution in [0.2, 0.25) is 0 Å². The van der Waals surface area contributed by atoms with Crippen molar-refractivity contribution in [1.82, 2.24) is 24.8 Å². The first-order valence-electron chi connectivity index (χ1n) is 10.4. The summed E-state index contributed by atoms with van der Waals surface area (Å²) in [6, 6.07) is 9.02. The molecule has 0 aliphatic heterocycles. The Bertz CT molecular complexity index is 1610. The zero-order valence-corrected chi connectivity index (χ0v) is 19.2. The van der Waals surface area contributed by atoms with Gasteiger partial charge in [0, 0.05) is 31.2 Å². The monoisotopic (exact) mass is 476 g/mol. The summed E-state index contributed by atoms with van der Waals surface area (Å²) >= 11 is 1.44. The Morgan fingerprint density at radius 2 is 2.03 bits per heavy atom. The lowest BCUT2D eigenvalue weighted by atomic mass is 10.2. The molecular formula is C23H20N6O4S. The van der Waals surface area contributed by atoms with Crippen LogP contribution < -0.4 is 16.4 Å². The molecule has 0 saturated carbocycles. The number of ketones is 1. The molecule has 5 aromatic rings. The first kappa shape index (κ1) is 21.6. The lowest BCUT2D eigenvalue weighted by Gasteiger charge is -2.06. The number of nitrogens with one attached hydrogen (secondary N) is 3. The molecule has 0 spiro atoms. The lowest BCUT2D eigenvalue weighted by molar-refractivity contribution is 0.0946. The van der Waals surface area contributed by atoms with Gasteiger partial charge in [-0.2, -0.15) is 0 Å². The van der Waals surface area contributed by atoms with E-state index in [0.29, 0.717) is 33.6 Å². The molecule has 0 aliphatic carbocycles. The Kier molecular flexibility index (Phi) is 5.46. The number of amides is 1. The summed E-state index contributed by atoms with van der Waals surface area (Å²) in [4.78, 5) is 49.3. The van der Waals surface area contributed by atoms with Crippen LogP contribution in [-0.2, 0) is 20.1 Å². The summed E-state index contributed by atoms with van der Waals surface area (Å²) in [6.45, 7) is 2.32. The van der Waals surface area contributed by atoms with Crippen molar-refractivity contribution in [2.24, 2.45) is 7.05 Å². The highest BCUT2D eigenvalue weighted by Gasteiger charge is 2.17. The highest BCUT2D eigenvalue weighted by atomic mass is 32.1. The Morgan fingerprint density at radius 1 is 1.18 bits per heavy atom. The van der Waals surface area contributed by atoms with E-state index in [1.54, 1.807) is 38.4 Å². The van der Waals surface area contributed by atoms with Gasteiger partial charge in [0.1, 0.15) is 11.8 Å². The molecule has 4 heterocycles. The zero-order valence-electron chi connectivity index (χ0n) is 18.3. The van der Waals surface area contributed by atoms with E-state index in [4.69, 9.17) is 4.42 Å². The van der Waals surface area contributed by atoms with Crippen molar-refractivity contribution in [3.63, 3.8) is 0 Å². The van der Waals surface area contributed by atoms with E-state index in [-0.39, 0.29) is 23.9 Å². The maximum atomic E-state index is 12.9. The second kappa shape index (κ2) is 8.60. The molecule has 172 valence electrons. The highest BCUT2D eigenvalue weighted by molar-refractivity contribution is 7.14. The number of thiophene rings is 1. The predicted molar refractivity (Wildman–Crippen MR) is 128 cm³/mol. The highest BCUT2D eigenvalue weighted by Crippen LogP contribution is 2.25. The number of hydrogen-bond donors (Lipinski definition) is 3. The van der Waals surface area contributed by atoms with Crippen LogP contribution in [0.4, 0.5) is 5.69 Å². The number of oxazole rings is 1. The third-order valence-corrected chi connectivity index (χ3v) is 6.63. The molecule has 5 rings (SSSR count). The molecule has 10 nitrogen and oxygen atoms in total. The van der Waals surface area contributed by atoms with Crippen LogP contribution in [0.3, 0.4) is 0 Å². The fraction of sp³-hybridized carbons (Fsp3) is 0.174. The standard InChI is InChI=1S/C23H20N6O4S/c1-12(30)18-6-4-14(34-18)9-24-15-10-25-20-19(15)27-11-28-21(20)22(31)26-8-13-3-5-17-16(7-13)29(2)23(32)33-17/h3-7,10-11,24-25H,8-9H2,1-2H3,(H,26,31). The smallest absolute Gasteiger partial charge is 0.408 e. The summed E-state index contributed by atoms with van der Waals surface area (Å²) in [5.74, 6) is -0.749. The van der Waals surface area contributed by atoms with Crippen LogP contribution in [0.15, 0.2) is 52.1 Å². The number of carbonyl (C=O) groups is 2. The first-order valence-corrected chi connectivity index (χ1v) is 11.2. The molecule has 34 heavy (non-hydrogen) atoms. The molecular weight excluding hydrogens is 456 g/mol. The average molecular weight is 477 g/mol. The zero-order chi connectivity index (χ0) is 23.8. The molecule has 0 atom stereocenters. The number of fused-ring (bicyclic) bond motifs is 2. The number of nitrogens with zero attached hydrogens (tertiary/aromatic N) is 3. The Labute approximate surface area is 196 Å². The number of rotatable bonds is 7. The van der Waals surface area contributed by atoms with E-state index in [9.17, 15) is 14.4 Å². The van der Waals surface area contributed by atoms with E-state index in [1.807, 2.05) is 12.1 Å². The fourth-order valence-corrected chi connectivity index (χ4v) is 4.48. The fourth-order valence-electron chi connectivity index (χ4n) is 3.64. The number of H-pyrrole nitrogens is 1. The van der Waals surface area contributed by atoms with Gasteiger partial charge in [-0.1, -0.05) is 6.07 Å². The van der Waals surface area contributed by atoms with Crippen LogP contribution in [0.1, 0.15) is 37.5 Å². The summed E-state index contributed by atoms with van der Waals surface area (Å²) < 4.78 is 6.55. The maximum Gasteiger partial charge on any atom is 0.419 e. The van der Waals surface area contributed by atoms with Crippen LogP contribution in [0, 0.1) is 0 Å². The van der Waals surface area contributed by atoms with Gasteiger partial charge in [0.15, 0.2) is 17.1 Å². The van der Waals surface area contributed by atoms with Crippen molar-refractivity contribution < 1.29 is 14.0 Å². The van der Waals surface area contributed by atoms with Crippen molar-refractivity contribution in [2.45, 2.75) is 20.0 Å². The molecule has 11 heteroatoms. The van der Waals surface area contributed by atoms with Crippen molar-refractivity contribution in [2.75, 3.05) is 5.32 Å². The number of anilines is 1. The van der Waals surface area contributed by atoms with E-state index in [1.165, 1.54) is 22.2 Å². The second-order valence-corrected chi connectivity index (χ2v) is 8.90. The lowest BCUT2D eigenvalue weighted by Crippen LogP contribution is -2.24. The number of aryl methyl sites for hydroxylation is 1. The van der Waals surface area contributed by atoms with Gasteiger partial charge >= 0.3 is 5.76 Å². The van der Waals surface area contributed by atoms with Gasteiger partial charge in [-0.15, -0.1) is 11.3 Å². The number of aromatic nitrogens is 4. The SMILES string of the molecule is CC(=O)c1ccc(CNc2c[nH]c3c(C(=O)NCc4ccc5oc(=O)n(C)c5c4)ncnc23)s1. The minimum Gasteiger partial charge on any atom is -0.408 e. The largest absolute Gasteiger partial charge is 0.419 e. The summed E-state index contributed by atoms with van der Waals surface area (Å²) in [5.41, 5.74) is 4.04. The quantitative estimate of drug-likeness (QED) is 0.307. The molecule has 0 fully saturated rings. The topological polar surface area (TPSA) is 135 Å².